The largest absolute Gasteiger partial charge is 0.497 e. The summed E-state index contributed by atoms with van der Waals surface area (Å²) >= 11 is 1.16. The van der Waals surface area contributed by atoms with Crippen molar-refractivity contribution < 1.29 is 17.9 Å². The number of amides is 1. The van der Waals surface area contributed by atoms with Crippen molar-refractivity contribution in [1.29, 1.82) is 0 Å². The highest BCUT2D eigenvalue weighted by Gasteiger charge is 2.28. The van der Waals surface area contributed by atoms with Crippen LogP contribution in [0, 0.1) is 0 Å². The summed E-state index contributed by atoms with van der Waals surface area (Å²) in [6.07, 6.45) is 1.94. The first-order chi connectivity index (χ1) is 12.0. The lowest BCUT2D eigenvalue weighted by Crippen LogP contribution is -2.27. The molecule has 0 aliphatic carbocycles. The third-order valence-electron chi connectivity index (χ3n) is 3.98. The van der Waals surface area contributed by atoms with E-state index in [1.54, 1.807) is 43.5 Å². The fourth-order valence-corrected chi connectivity index (χ4v) is 5.74. The van der Waals surface area contributed by atoms with Gasteiger partial charge >= 0.3 is 0 Å². The van der Waals surface area contributed by atoms with Crippen LogP contribution in [0.4, 0.5) is 5.69 Å². The molecule has 1 aromatic carbocycles. The Morgan fingerprint density at radius 3 is 2.72 bits per heavy atom. The zero-order chi connectivity index (χ0) is 17.9. The summed E-state index contributed by atoms with van der Waals surface area (Å²) in [7, 11) is -1.85. The summed E-state index contributed by atoms with van der Waals surface area (Å²) in [5.41, 5.74) is 0.644. The minimum Gasteiger partial charge on any atom is -0.497 e. The molecule has 8 heteroatoms. The second-order valence-electron chi connectivity index (χ2n) is 5.79. The van der Waals surface area contributed by atoms with E-state index >= 15 is 0 Å². The van der Waals surface area contributed by atoms with Gasteiger partial charge in [-0.1, -0.05) is 6.07 Å². The molecule has 1 fully saturated rings. The Morgan fingerprint density at radius 1 is 1.24 bits per heavy atom. The normalized spacial score (nSPS) is 15.2. The first kappa shape index (κ1) is 17.9. The first-order valence-electron chi connectivity index (χ1n) is 8.02. The Kier molecular flexibility index (Phi) is 5.41. The second kappa shape index (κ2) is 7.55. The number of anilines is 1. The van der Waals surface area contributed by atoms with Gasteiger partial charge in [-0.25, -0.2) is 8.42 Å². The standard InChI is InChI=1S/C17H20N2O4S2/c1-23-14-6-4-5-13(11-14)18-16(20)12-15-7-8-17(24-15)25(21,22)19-9-2-3-10-19/h4-8,11H,2-3,9-10,12H2,1H3,(H,18,20). The van der Waals surface area contributed by atoms with Crippen molar-refractivity contribution in [3.8, 4) is 5.75 Å². The summed E-state index contributed by atoms with van der Waals surface area (Å²) in [6.45, 7) is 1.15. The molecule has 25 heavy (non-hydrogen) atoms. The van der Waals surface area contributed by atoms with Crippen molar-refractivity contribution in [1.82, 2.24) is 4.31 Å². The van der Waals surface area contributed by atoms with E-state index in [1.807, 2.05) is 0 Å². The van der Waals surface area contributed by atoms with E-state index < -0.39 is 10.0 Å². The smallest absolute Gasteiger partial charge is 0.252 e. The van der Waals surface area contributed by atoms with Gasteiger partial charge in [0.1, 0.15) is 9.96 Å². The highest BCUT2D eigenvalue weighted by molar-refractivity contribution is 7.91. The van der Waals surface area contributed by atoms with E-state index in [0.29, 0.717) is 28.7 Å². The summed E-state index contributed by atoms with van der Waals surface area (Å²) in [5.74, 6) is 0.466. The molecule has 1 aliphatic heterocycles. The molecule has 134 valence electrons. The molecule has 0 radical (unpaired) electrons. The molecule has 1 N–H and O–H groups in total. The Hall–Kier alpha value is -1.90. The van der Waals surface area contributed by atoms with E-state index in [-0.39, 0.29) is 12.3 Å². The topological polar surface area (TPSA) is 75.7 Å². The van der Waals surface area contributed by atoms with Gasteiger partial charge in [-0.2, -0.15) is 4.31 Å². The molecule has 3 rings (SSSR count). The number of sulfonamides is 1. The number of nitrogens with zero attached hydrogens (tertiary/aromatic N) is 1. The molecule has 1 aromatic heterocycles. The van der Waals surface area contributed by atoms with Crippen LogP contribution in [0.3, 0.4) is 0 Å². The third-order valence-corrected chi connectivity index (χ3v) is 7.44. The van der Waals surface area contributed by atoms with Crippen LogP contribution in [-0.2, 0) is 21.2 Å². The van der Waals surface area contributed by atoms with Gasteiger partial charge in [-0.05, 0) is 37.1 Å². The summed E-state index contributed by atoms with van der Waals surface area (Å²) in [6, 6.07) is 10.4. The predicted octanol–water partition coefficient (Wildman–Crippen LogP) is 2.72. The Labute approximate surface area is 151 Å². The summed E-state index contributed by atoms with van der Waals surface area (Å²) in [4.78, 5) is 12.9. The lowest BCUT2D eigenvalue weighted by molar-refractivity contribution is -0.115. The van der Waals surface area contributed by atoms with Crippen LogP contribution in [0.2, 0.25) is 0 Å². The average Bonchev–Trinajstić information content (AvgIpc) is 3.27. The molecule has 6 nitrogen and oxygen atoms in total. The van der Waals surface area contributed by atoms with Crippen molar-refractivity contribution in [3.63, 3.8) is 0 Å². The van der Waals surface area contributed by atoms with Gasteiger partial charge in [0.15, 0.2) is 0 Å². The molecular weight excluding hydrogens is 360 g/mol. The second-order valence-corrected chi connectivity index (χ2v) is 9.12. The van der Waals surface area contributed by atoms with Crippen molar-refractivity contribution in [2.75, 3.05) is 25.5 Å². The number of hydrogen-bond donors (Lipinski definition) is 1. The number of carbonyl (C=O) groups is 1. The zero-order valence-electron chi connectivity index (χ0n) is 13.9. The monoisotopic (exact) mass is 380 g/mol. The molecule has 1 amide bonds. The number of rotatable bonds is 6. The molecule has 0 atom stereocenters. The maximum absolute atomic E-state index is 12.5. The van der Waals surface area contributed by atoms with E-state index in [9.17, 15) is 13.2 Å². The van der Waals surface area contributed by atoms with Crippen molar-refractivity contribution in [2.45, 2.75) is 23.5 Å². The maximum atomic E-state index is 12.5. The number of ether oxygens (including phenoxy) is 1. The highest BCUT2D eigenvalue weighted by Crippen LogP contribution is 2.28. The van der Waals surface area contributed by atoms with Gasteiger partial charge < -0.3 is 10.1 Å². The number of methoxy groups -OCH3 is 1. The molecule has 1 aliphatic rings. The maximum Gasteiger partial charge on any atom is 0.252 e. The minimum absolute atomic E-state index is 0.136. The van der Waals surface area contributed by atoms with Crippen LogP contribution in [0.1, 0.15) is 17.7 Å². The molecule has 1 saturated heterocycles. The Bertz CT molecular complexity index is 855. The van der Waals surface area contributed by atoms with Gasteiger partial charge in [0.05, 0.1) is 13.5 Å². The third kappa shape index (κ3) is 4.20. The van der Waals surface area contributed by atoms with Crippen molar-refractivity contribution >= 4 is 33.0 Å². The van der Waals surface area contributed by atoms with Gasteiger partial charge in [-0.15, -0.1) is 11.3 Å². The van der Waals surface area contributed by atoms with Crippen LogP contribution >= 0.6 is 11.3 Å². The Morgan fingerprint density at radius 2 is 2.00 bits per heavy atom. The first-order valence-corrected chi connectivity index (χ1v) is 10.3. The van der Waals surface area contributed by atoms with E-state index in [1.165, 1.54) is 4.31 Å². The molecular formula is C17H20N2O4S2. The number of carbonyl (C=O) groups excluding carboxylic acids is 1. The molecule has 0 spiro atoms. The zero-order valence-corrected chi connectivity index (χ0v) is 15.5. The minimum atomic E-state index is -3.42. The summed E-state index contributed by atoms with van der Waals surface area (Å²) in [5, 5.41) is 2.80. The van der Waals surface area contributed by atoms with Crippen LogP contribution in [0.25, 0.3) is 0 Å². The quantitative estimate of drug-likeness (QED) is 0.836. The van der Waals surface area contributed by atoms with Gasteiger partial charge in [0.25, 0.3) is 10.0 Å². The van der Waals surface area contributed by atoms with E-state index in [4.69, 9.17) is 4.74 Å². The van der Waals surface area contributed by atoms with Gasteiger partial charge in [0, 0.05) is 29.7 Å². The molecule has 0 bridgehead atoms. The molecule has 2 heterocycles. The van der Waals surface area contributed by atoms with Crippen LogP contribution in [0.5, 0.6) is 5.75 Å². The lowest BCUT2D eigenvalue weighted by atomic mass is 10.2. The molecule has 0 unspecified atom stereocenters. The van der Waals surface area contributed by atoms with Crippen molar-refractivity contribution in [3.05, 3.63) is 41.3 Å². The fraction of sp³-hybridized carbons (Fsp3) is 0.353. The van der Waals surface area contributed by atoms with Gasteiger partial charge in [0.2, 0.25) is 5.91 Å². The number of hydrogen-bond acceptors (Lipinski definition) is 5. The summed E-state index contributed by atoms with van der Waals surface area (Å²) < 4.78 is 32.0. The van der Waals surface area contributed by atoms with E-state index in [0.717, 1.165) is 29.1 Å². The lowest BCUT2D eigenvalue weighted by Gasteiger charge is -2.13. The predicted molar refractivity (Wildman–Crippen MR) is 97.6 cm³/mol. The fourth-order valence-electron chi connectivity index (χ4n) is 2.71. The highest BCUT2D eigenvalue weighted by atomic mass is 32.2. The van der Waals surface area contributed by atoms with Crippen molar-refractivity contribution in [2.24, 2.45) is 0 Å². The van der Waals surface area contributed by atoms with Gasteiger partial charge in [-0.3, -0.25) is 4.79 Å². The average molecular weight is 380 g/mol. The number of thiophene rings is 1. The Balaban J connectivity index is 1.65. The SMILES string of the molecule is COc1cccc(NC(=O)Cc2ccc(S(=O)(=O)N3CCCC3)s2)c1. The van der Waals surface area contributed by atoms with Crippen LogP contribution in [-0.4, -0.2) is 38.8 Å². The van der Waals surface area contributed by atoms with Crippen LogP contribution < -0.4 is 10.1 Å². The van der Waals surface area contributed by atoms with Crippen LogP contribution in [0.15, 0.2) is 40.6 Å². The number of nitrogens with one attached hydrogen (secondary N) is 1. The number of benzene rings is 1. The van der Waals surface area contributed by atoms with E-state index in [2.05, 4.69) is 5.32 Å². The molecule has 2 aromatic rings. The molecule has 0 saturated carbocycles.